The van der Waals surface area contributed by atoms with Crippen LogP contribution in [0.4, 0.5) is 0 Å². The standard InChI is InChI=1S/C14H22ClN3O3/c1-8(2)3-4-16-11-10-7-20-14(21-10)12(13(11)19)18-6-9(15)5-17-18/h5-6,8,10-14,16,19H,3-4,7H2,1-2H3/t10-,11-,12-,13+,14-/m1/s1. The highest BCUT2D eigenvalue weighted by Crippen LogP contribution is 2.35. The van der Waals surface area contributed by atoms with Crippen molar-refractivity contribution in [1.82, 2.24) is 15.1 Å². The van der Waals surface area contributed by atoms with Gasteiger partial charge >= 0.3 is 0 Å². The van der Waals surface area contributed by atoms with Crippen molar-refractivity contribution in [1.29, 1.82) is 0 Å². The maximum absolute atomic E-state index is 10.7. The van der Waals surface area contributed by atoms with Gasteiger partial charge in [-0.05, 0) is 18.9 Å². The number of aliphatic hydroxyl groups excluding tert-OH is 1. The lowest BCUT2D eigenvalue weighted by Crippen LogP contribution is -2.57. The lowest BCUT2D eigenvalue weighted by atomic mass is 9.96. The molecular weight excluding hydrogens is 294 g/mol. The Hall–Kier alpha value is -0.660. The Morgan fingerprint density at radius 3 is 3.05 bits per heavy atom. The minimum atomic E-state index is -0.626. The first-order chi connectivity index (χ1) is 10.1. The molecule has 3 rings (SSSR count). The molecule has 2 aliphatic heterocycles. The molecule has 7 heteroatoms. The summed E-state index contributed by atoms with van der Waals surface area (Å²) in [5, 5.41) is 18.8. The lowest BCUT2D eigenvalue weighted by Gasteiger charge is -2.38. The Balaban J connectivity index is 1.73. The third-order valence-corrected chi connectivity index (χ3v) is 4.30. The maximum atomic E-state index is 10.7. The molecule has 0 unspecified atom stereocenters. The number of ether oxygens (including phenoxy) is 2. The van der Waals surface area contributed by atoms with E-state index in [0.29, 0.717) is 17.5 Å². The van der Waals surface area contributed by atoms with E-state index in [4.69, 9.17) is 21.1 Å². The second-order valence-corrected chi connectivity index (χ2v) is 6.59. The zero-order chi connectivity index (χ0) is 15.0. The molecule has 0 spiro atoms. The minimum absolute atomic E-state index is 0.112. The first kappa shape index (κ1) is 15.2. The molecule has 1 aromatic heterocycles. The van der Waals surface area contributed by atoms with Crippen LogP contribution >= 0.6 is 11.6 Å². The summed E-state index contributed by atoms with van der Waals surface area (Å²) >= 11 is 5.92. The topological polar surface area (TPSA) is 68.5 Å². The molecule has 6 nitrogen and oxygen atoms in total. The van der Waals surface area contributed by atoms with Crippen LogP contribution in [-0.4, -0.2) is 52.6 Å². The van der Waals surface area contributed by atoms with Crippen molar-refractivity contribution in [2.24, 2.45) is 5.92 Å². The zero-order valence-electron chi connectivity index (χ0n) is 12.3. The number of aromatic nitrogens is 2. The van der Waals surface area contributed by atoms with Crippen LogP contribution in [0.15, 0.2) is 12.4 Å². The van der Waals surface area contributed by atoms with Crippen LogP contribution < -0.4 is 5.32 Å². The Morgan fingerprint density at radius 1 is 1.57 bits per heavy atom. The van der Waals surface area contributed by atoms with E-state index in [-0.39, 0.29) is 18.2 Å². The van der Waals surface area contributed by atoms with Crippen molar-refractivity contribution in [2.45, 2.75) is 50.8 Å². The number of nitrogens with zero attached hydrogens (tertiary/aromatic N) is 2. The largest absolute Gasteiger partial charge is 0.389 e. The molecule has 2 bridgehead atoms. The molecule has 2 aliphatic rings. The minimum Gasteiger partial charge on any atom is -0.389 e. The Morgan fingerprint density at radius 2 is 2.38 bits per heavy atom. The molecule has 118 valence electrons. The second kappa shape index (κ2) is 6.22. The molecule has 2 saturated heterocycles. The summed E-state index contributed by atoms with van der Waals surface area (Å²) in [7, 11) is 0. The highest BCUT2D eigenvalue weighted by Gasteiger charge is 2.51. The van der Waals surface area contributed by atoms with Crippen LogP contribution in [0.2, 0.25) is 5.02 Å². The monoisotopic (exact) mass is 315 g/mol. The molecule has 2 N–H and O–H groups in total. The van der Waals surface area contributed by atoms with Crippen LogP contribution in [0.1, 0.15) is 26.3 Å². The van der Waals surface area contributed by atoms with Gasteiger partial charge in [0.2, 0.25) is 0 Å². The van der Waals surface area contributed by atoms with Gasteiger partial charge in [0.1, 0.15) is 12.1 Å². The molecule has 0 aromatic carbocycles. The quantitative estimate of drug-likeness (QED) is 0.854. The molecule has 1 aromatic rings. The van der Waals surface area contributed by atoms with Gasteiger partial charge in [-0.3, -0.25) is 4.68 Å². The van der Waals surface area contributed by atoms with E-state index < -0.39 is 12.4 Å². The van der Waals surface area contributed by atoms with Gasteiger partial charge in [-0.2, -0.15) is 5.10 Å². The molecule has 0 saturated carbocycles. The van der Waals surface area contributed by atoms with E-state index in [1.54, 1.807) is 17.1 Å². The molecule has 0 amide bonds. The Bertz CT molecular complexity index is 482. The number of nitrogens with one attached hydrogen (secondary N) is 1. The molecule has 5 atom stereocenters. The number of fused-ring (bicyclic) bond motifs is 2. The summed E-state index contributed by atoms with van der Waals surface area (Å²) in [5.74, 6) is 0.618. The van der Waals surface area contributed by atoms with Crippen LogP contribution in [-0.2, 0) is 9.47 Å². The molecule has 0 aliphatic carbocycles. The van der Waals surface area contributed by atoms with Gasteiger partial charge in [-0.1, -0.05) is 25.4 Å². The van der Waals surface area contributed by atoms with Crippen molar-refractivity contribution in [3.8, 4) is 0 Å². The molecule has 0 radical (unpaired) electrons. The van der Waals surface area contributed by atoms with Crippen LogP contribution in [0.25, 0.3) is 0 Å². The van der Waals surface area contributed by atoms with E-state index >= 15 is 0 Å². The fourth-order valence-corrected chi connectivity index (χ4v) is 3.09. The maximum Gasteiger partial charge on any atom is 0.183 e. The number of halogens is 1. The fourth-order valence-electron chi connectivity index (χ4n) is 2.95. The van der Waals surface area contributed by atoms with Crippen molar-refractivity contribution < 1.29 is 14.6 Å². The third-order valence-electron chi connectivity index (χ3n) is 4.11. The van der Waals surface area contributed by atoms with Crippen LogP contribution in [0.3, 0.4) is 0 Å². The summed E-state index contributed by atoms with van der Waals surface area (Å²) in [6, 6.07) is -0.539. The normalized spacial score (nSPS) is 35.6. The number of hydrogen-bond acceptors (Lipinski definition) is 5. The molecule has 3 heterocycles. The number of hydrogen-bond donors (Lipinski definition) is 2. The Kier molecular flexibility index (Phi) is 4.51. The van der Waals surface area contributed by atoms with Crippen molar-refractivity contribution in [3.63, 3.8) is 0 Å². The van der Waals surface area contributed by atoms with E-state index in [1.807, 2.05) is 0 Å². The van der Waals surface area contributed by atoms with Crippen molar-refractivity contribution in [2.75, 3.05) is 13.2 Å². The smallest absolute Gasteiger partial charge is 0.183 e. The number of rotatable bonds is 5. The van der Waals surface area contributed by atoms with Crippen molar-refractivity contribution >= 4 is 11.6 Å². The van der Waals surface area contributed by atoms with Gasteiger partial charge < -0.3 is 19.9 Å². The predicted octanol–water partition coefficient (Wildman–Crippen LogP) is 1.20. The van der Waals surface area contributed by atoms with E-state index in [2.05, 4.69) is 24.3 Å². The molecule has 2 fully saturated rings. The molecular formula is C14H22ClN3O3. The Labute approximate surface area is 129 Å². The van der Waals surface area contributed by atoms with E-state index in [9.17, 15) is 5.11 Å². The lowest BCUT2D eigenvalue weighted by molar-refractivity contribution is -0.168. The summed E-state index contributed by atoms with van der Waals surface area (Å²) < 4.78 is 13.2. The predicted molar refractivity (Wildman–Crippen MR) is 78.1 cm³/mol. The fraction of sp³-hybridized carbons (Fsp3) is 0.786. The second-order valence-electron chi connectivity index (χ2n) is 6.16. The van der Waals surface area contributed by atoms with Gasteiger partial charge in [-0.15, -0.1) is 0 Å². The van der Waals surface area contributed by atoms with Crippen LogP contribution in [0, 0.1) is 5.92 Å². The average Bonchev–Trinajstić information content (AvgIpc) is 3.02. The summed E-state index contributed by atoms with van der Waals surface area (Å²) in [6.45, 7) is 5.69. The van der Waals surface area contributed by atoms with Gasteiger partial charge in [0.25, 0.3) is 0 Å². The summed E-state index contributed by atoms with van der Waals surface area (Å²) in [6.07, 6.45) is 3.09. The van der Waals surface area contributed by atoms with Crippen LogP contribution in [0.5, 0.6) is 0 Å². The highest BCUT2D eigenvalue weighted by molar-refractivity contribution is 6.30. The van der Waals surface area contributed by atoms with Gasteiger partial charge in [0.05, 0.1) is 30.0 Å². The first-order valence-corrected chi connectivity index (χ1v) is 7.82. The number of aliphatic hydroxyl groups is 1. The first-order valence-electron chi connectivity index (χ1n) is 7.44. The SMILES string of the molecule is CC(C)CCN[C@H]1[C@H](O)[C@@H](n2cc(Cl)cn2)[C@@H]2OC[C@H]1O2. The van der Waals surface area contributed by atoms with Gasteiger partial charge in [0.15, 0.2) is 6.29 Å². The average molecular weight is 316 g/mol. The zero-order valence-corrected chi connectivity index (χ0v) is 13.0. The molecule has 21 heavy (non-hydrogen) atoms. The highest BCUT2D eigenvalue weighted by atomic mass is 35.5. The van der Waals surface area contributed by atoms with Gasteiger partial charge in [-0.25, -0.2) is 0 Å². The van der Waals surface area contributed by atoms with Crippen molar-refractivity contribution in [3.05, 3.63) is 17.4 Å². The summed E-state index contributed by atoms with van der Waals surface area (Å²) in [5.41, 5.74) is 0. The third kappa shape index (κ3) is 3.10. The summed E-state index contributed by atoms with van der Waals surface area (Å²) in [4.78, 5) is 0. The van der Waals surface area contributed by atoms with Gasteiger partial charge in [0, 0.05) is 6.20 Å². The van der Waals surface area contributed by atoms with E-state index in [1.165, 1.54) is 0 Å². The van der Waals surface area contributed by atoms with E-state index in [0.717, 1.165) is 13.0 Å².